The zero-order valence-corrected chi connectivity index (χ0v) is 23.2. The summed E-state index contributed by atoms with van der Waals surface area (Å²) < 4.78 is 34.6. The van der Waals surface area contributed by atoms with Crippen LogP contribution in [0.3, 0.4) is 0 Å². The van der Waals surface area contributed by atoms with Crippen molar-refractivity contribution in [2.45, 2.75) is 30.7 Å². The van der Waals surface area contributed by atoms with Gasteiger partial charge in [-0.05, 0) is 67.4 Å². The summed E-state index contributed by atoms with van der Waals surface area (Å²) in [5, 5.41) is 0.740. The lowest BCUT2D eigenvalue weighted by Gasteiger charge is -2.36. The van der Waals surface area contributed by atoms with Crippen molar-refractivity contribution in [3.05, 3.63) is 82.3 Å². The van der Waals surface area contributed by atoms with Crippen molar-refractivity contribution in [3.8, 4) is 11.5 Å². The molecule has 0 radical (unpaired) electrons. The number of halogens is 2. The van der Waals surface area contributed by atoms with E-state index < -0.39 is 10.0 Å². The predicted molar refractivity (Wildman–Crippen MR) is 148 cm³/mol. The molecule has 0 unspecified atom stereocenters. The first kappa shape index (κ1) is 27.8. The molecule has 1 aliphatic rings. The fourth-order valence-corrected chi connectivity index (χ4v) is 5.64. The minimum absolute atomic E-state index is 0.00885. The van der Waals surface area contributed by atoms with Crippen LogP contribution in [0.25, 0.3) is 0 Å². The SMILES string of the molecule is CC(=O)N(C)C1CCN(C(=O)c2cc(Cl)ccc2NS(=O)(=O)c2ccc(Oc3ccccc3Cl)cc2)CC1. The molecule has 2 amide bonds. The van der Waals surface area contributed by atoms with Crippen molar-refractivity contribution < 1.29 is 22.7 Å². The van der Waals surface area contributed by atoms with Gasteiger partial charge in [0.1, 0.15) is 11.5 Å². The molecule has 0 aliphatic carbocycles. The minimum Gasteiger partial charge on any atom is -0.456 e. The number of carbonyl (C=O) groups is 2. The summed E-state index contributed by atoms with van der Waals surface area (Å²) in [4.78, 5) is 28.4. The summed E-state index contributed by atoms with van der Waals surface area (Å²) in [7, 11) is -2.28. The third-order valence-corrected chi connectivity index (χ3v) is 8.38. The molecule has 0 saturated carbocycles. The van der Waals surface area contributed by atoms with Gasteiger partial charge in [0, 0.05) is 38.1 Å². The van der Waals surface area contributed by atoms with Crippen LogP contribution in [0.2, 0.25) is 10.0 Å². The van der Waals surface area contributed by atoms with E-state index in [1.54, 1.807) is 41.1 Å². The molecule has 1 saturated heterocycles. The van der Waals surface area contributed by atoms with Gasteiger partial charge < -0.3 is 14.5 Å². The van der Waals surface area contributed by atoms with Crippen LogP contribution in [0.4, 0.5) is 5.69 Å². The van der Waals surface area contributed by atoms with Crippen molar-refractivity contribution in [1.82, 2.24) is 9.80 Å². The highest BCUT2D eigenvalue weighted by Crippen LogP contribution is 2.30. The molecule has 1 heterocycles. The van der Waals surface area contributed by atoms with Crippen LogP contribution in [0, 0.1) is 0 Å². The molecule has 200 valence electrons. The Morgan fingerprint density at radius 1 is 1.00 bits per heavy atom. The Kier molecular flexibility index (Phi) is 8.50. The number of hydrogen-bond donors (Lipinski definition) is 1. The Balaban J connectivity index is 1.49. The standard InChI is InChI=1S/C27H27Cl2N3O5S/c1-18(33)31(2)20-13-15-32(16-14-20)27(34)23-17-19(28)7-12-25(23)30-38(35,36)22-10-8-21(9-11-22)37-26-6-4-3-5-24(26)29/h3-12,17,20,30H,13-16H2,1-2H3. The van der Waals surface area contributed by atoms with Crippen LogP contribution in [-0.2, 0) is 14.8 Å². The van der Waals surface area contributed by atoms with Gasteiger partial charge in [-0.25, -0.2) is 8.42 Å². The topological polar surface area (TPSA) is 96.0 Å². The van der Waals surface area contributed by atoms with Crippen LogP contribution >= 0.6 is 23.2 Å². The second kappa shape index (κ2) is 11.6. The number of nitrogens with zero attached hydrogens (tertiary/aromatic N) is 2. The molecular weight excluding hydrogens is 549 g/mol. The molecule has 0 atom stereocenters. The van der Waals surface area contributed by atoms with Crippen molar-refractivity contribution in [3.63, 3.8) is 0 Å². The number of carbonyl (C=O) groups excluding carboxylic acids is 2. The summed E-state index contributed by atoms with van der Waals surface area (Å²) in [5.41, 5.74) is 0.275. The predicted octanol–water partition coefficient (Wildman–Crippen LogP) is 5.67. The second-order valence-electron chi connectivity index (χ2n) is 8.95. The molecule has 1 fully saturated rings. The van der Waals surface area contributed by atoms with Gasteiger partial charge in [0.05, 0.1) is 21.2 Å². The lowest BCUT2D eigenvalue weighted by atomic mass is 10.0. The molecule has 0 aromatic heterocycles. The highest BCUT2D eigenvalue weighted by atomic mass is 35.5. The van der Waals surface area contributed by atoms with E-state index in [4.69, 9.17) is 27.9 Å². The molecule has 0 spiro atoms. The largest absolute Gasteiger partial charge is 0.456 e. The van der Waals surface area contributed by atoms with E-state index in [-0.39, 0.29) is 34.0 Å². The smallest absolute Gasteiger partial charge is 0.261 e. The zero-order valence-electron chi connectivity index (χ0n) is 20.9. The van der Waals surface area contributed by atoms with E-state index in [1.807, 2.05) is 0 Å². The van der Waals surface area contributed by atoms with Gasteiger partial charge in [-0.2, -0.15) is 0 Å². The molecule has 11 heteroatoms. The maximum absolute atomic E-state index is 13.4. The van der Waals surface area contributed by atoms with Crippen molar-refractivity contribution in [2.75, 3.05) is 24.9 Å². The Bertz CT molecular complexity index is 1440. The number of hydrogen-bond acceptors (Lipinski definition) is 5. The van der Waals surface area contributed by atoms with Gasteiger partial charge in [0.25, 0.3) is 15.9 Å². The number of rotatable bonds is 7. The normalized spacial score (nSPS) is 14.2. The number of benzene rings is 3. The Labute approximate surface area is 232 Å². The van der Waals surface area contributed by atoms with Crippen LogP contribution < -0.4 is 9.46 Å². The Hall–Kier alpha value is -3.27. The van der Waals surface area contributed by atoms with Crippen molar-refractivity contribution >= 4 is 50.7 Å². The van der Waals surface area contributed by atoms with Crippen LogP contribution in [0.5, 0.6) is 11.5 Å². The summed E-state index contributed by atoms with van der Waals surface area (Å²) in [6.07, 6.45) is 1.26. The first-order chi connectivity index (χ1) is 18.0. The summed E-state index contributed by atoms with van der Waals surface area (Å²) in [6.45, 7) is 2.39. The molecule has 38 heavy (non-hydrogen) atoms. The van der Waals surface area contributed by atoms with Gasteiger partial charge in [-0.15, -0.1) is 0 Å². The molecule has 1 N–H and O–H groups in total. The second-order valence-corrected chi connectivity index (χ2v) is 11.5. The first-order valence-corrected chi connectivity index (χ1v) is 14.2. The number of ether oxygens (including phenoxy) is 1. The van der Waals surface area contributed by atoms with E-state index in [0.717, 1.165) is 0 Å². The number of sulfonamides is 1. The third-order valence-electron chi connectivity index (χ3n) is 6.45. The highest BCUT2D eigenvalue weighted by Gasteiger charge is 2.29. The maximum Gasteiger partial charge on any atom is 0.261 e. The number of anilines is 1. The van der Waals surface area contributed by atoms with Gasteiger partial charge in [-0.1, -0.05) is 35.3 Å². The van der Waals surface area contributed by atoms with Crippen LogP contribution in [0.1, 0.15) is 30.1 Å². The molecule has 8 nitrogen and oxygen atoms in total. The summed E-state index contributed by atoms with van der Waals surface area (Å²) in [6, 6.07) is 17.3. The fourth-order valence-electron chi connectivity index (χ4n) is 4.21. The summed E-state index contributed by atoms with van der Waals surface area (Å²) >= 11 is 12.3. The minimum atomic E-state index is -4.03. The summed E-state index contributed by atoms with van der Waals surface area (Å²) in [5.74, 6) is 0.504. The van der Waals surface area contributed by atoms with E-state index in [1.165, 1.54) is 49.4 Å². The molecule has 1 aliphatic heterocycles. The van der Waals surface area contributed by atoms with E-state index in [0.29, 0.717) is 47.5 Å². The first-order valence-electron chi connectivity index (χ1n) is 11.9. The van der Waals surface area contributed by atoms with Gasteiger partial charge >= 0.3 is 0 Å². The van der Waals surface area contributed by atoms with Gasteiger partial charge in [-0.3, -0.25) is 14.3 Å². The lowest BCUT2D eigenvalue weighted by Crippen LogP contribution is -2.46. The quantitative estimate of drug-likeness (QED) is 0.391. The van der Waals surface area contributed by atoms with E-state index in [2.05, 4.69) is 4.72 Å². The number of nitrogens with one attached hydrogen (secondary N) is 1. The van der Waals surface area contributed by atoms with E-state index in [9.17, 15) is 18.0 Å². The third kappa shape index (κ3) is 6.40. The molecule has 4 rings (SSSR count). The van der Waals surface area contributed by atoms with Gasteiger partial charge in [0.15, 0.2) is 0 Å². The number of amides is 2. The molecule has 3 aromatic carbocycles. The van der Waals surface area contributed by atoms with Gasteiger partial charge in [0.2, 0.25) is 5.91 Å². The number of likely N-dealkylation sites (tertiary alicyclic amines) is 1. The highest BCUT2D eigenvalue weighted by molar-refractivity contribution is 7.92. The Morgan fingerprint density at radius 2 is 1.66 bits per heavy atom. The fraction of sp³-hybridized carbons (Fsp3) is 0.259. The van der Waals surface area contributed by atoms with Crippen molar-refractivity contribution in [1.29, 1.82) is 0 Å². The number of piperidine rings is 1. The van der Waals surface area contributed by atoms with Crippen LogP contribution in [-0.4, -0.2) is 56.2 Å². The van der Waals surface area contributed by atoms with E-state index >= 15 is 0 Å². The molecular formula is C27H27Cl2N3O5S. The lowest BCUT2D eigenvalue weighted by molar-refractivity contribution is -0.130. The monoisotopic (exact) mass is 575 g/mol. The number of para-hydroxylation sites is 1. The zero-order chi connectivity index (χ0) is 27.4. The average molecular weight is 577 g/mol. The maximum atomic E-state index is 13.4. The molecule has 0 bridgehead atoms. The van der Waals surface area contributed by atoms with Crippen molar-refractivity contribution in [2.24, 2.45) is 0 Å². The molecule has 3 aromatic rings. The average Bonchev–Trinajstić information content (AvgIpc) is 2.90. The van der Waals surface area contributed by atoms with Crippen LogP contribution in [0.15, 0.2) is 71.6 Å². The Morgan fingerprint density at radius 3 is 2.29 bits per heavy atom.